The van der Waals surface area contributed by atoms with E-state index in [1.165, 1.54) is 14.0 Å². The number of benzene rings is 1. The van der Waals surface area contributed by atoms with Crippen LogP contribution in [0.25, 0.3) is 0 Å². The predicted molar refractivity (Wildman–Crippen MR) is 72.8 cm³/mol. The first-order valence-corrected chi connectivity index (χ1v) is 6.41. The maximum atomic E-state index is 12.3. The summed E-state index contributed by atoms with van der Waals surface area (Å²) in [6.45, 7) is 1.98. The molecule has 114 valence electrons. The molecule has 1 aromatic rings. The molecule has 1 amide bonds. The van der Waals surface area contributed by atoms with Gasteiger partial charge in [0.1, 0.15) is 13.2 Å². The Bertz CT molecular complexity index is 558. The van der Waals surface area contributed by atoms with E-state index in [9.17, 15) is 14.7 Å². The van der Waals surface area contributed by atoms with Gasteiger partial charge in [-0.2, -0.15) is 0 Å². The summed E-state index contributed by atoms with van der Waals surface area (Å²) in [5.74, 6) is -0.942. The summed E-state index contributed by atoms with van der Waals surface area (Å²) in [6.07, 6.45) is 0. The van der Waals surface area contributed by atoms with E-state index in [2.05, 4.69) is 5.32 Å². The Morgan fingerprint density at radius 1 is 1.38 bits per heavy atom. The lowest BCUT2D eigenvalue weighted by molar-refractivity contribution is -0.145. The molecule has 1 unspecified atom stereocenters. The van der Waals surface area contributed by atoms with Crippen molar-refractivity contribution in [2.24, 2.45) is 0 Å². The number of carbonyl (C=O) groups is 2. The Labute approximate surface area is 121 Å². The van der Waals surface area contributed by atoms with Crippen LogP contribution >= 0.6 is 0 Å². The fourth-order valence-electron chi connectivity index (χ4n) is 2.01. The van der Waals surface area contributed by atoms with Gasteiger partial charge < -0.3 is 24.6 Å². The van der Waals surface area contributed by atoms with E-state index in [-0.39, 0.29) is 12.2 Å². The van der Waals surface area contributed by atoms with Gasteiger partial charge in [-0.15, -0.1) is 0 Å². The van der Waals surface area contributed by atoms with Crippen molar-refractivity contribution in [2.75, 3.05) is 26.9 Å². The van der Waals surface area contributed by atoms with Crippen molar-refractivity contribution >= 4 is 11.9 Å². The van der Waals surface area contributed by atoms with E-state index >= 15 is 0 Å². The largest absolute Gasteiger partial charge is 0.486 e. The molecule has 0 aliphatic carbocycles. The summed E-state index contributed by atoms with van der Waals surface area (Å²) in [5.41, 5.74) is -1.29. The minimum atomic E-state index is -1.52. The van der Waals surface area contributed by atoms with Crippen molar-refractivity contribution in [1.29, 1.82) is 0 Å². The van der Waals surface area contributed by atoms with Crippen LogP contribution in [0.4, 0.5) is 0 Å². The monoisotopic (exact) mass is 295 g/mol. The molecular weight excluding hydrogens is 278 g/mol. The molecule has 2 rings (SSSR count). The molecule has 7 nitrogen and oxygen atoms in total. The Morgan fingerprint density at radius 2 is 2.10 bits per heavy atom. The molecule has 0 spiro atoms. The molecule has 0 aromatic heterocycles. The number of fused-ring (bicyclic) bond motifs is 1. The highest BCUT2D eigenvalue weighted by Crippen LogP contribution is 2.33. The van der Waals surface area contributed by atoms with Gasteiger partial charge in [0.25, 0.3) is 5.91 Å². The first kappa shape index (κ1) is 15.1. The van der Waals surface area contributed by atoms with E-state index in [0.29, 0.717) is 24.7 Å². The molecule has 1 aliphatic rings. The lowest BCUT2D eigenvalue weighted by Gasteiger charge is -2.26. The number of aliphatic carboxylic acids is 1. The molecule has 1 aromatic carbocycles. The number of nitrogens with one attached hydrogen (secondary N) is 1. The SMILES string of the molecule is COCC(C)(NC(=O)c1cccc2c1OCCO2)C(=O)O. The zero-order valence-electron chi connectivity index (χ0n) is 11.8. The maximum absolute atomic E-state index is 12.3. The molecule has 0 radical (unpaired) electrons. The number of carboxylic acid groups (broad SMARTS) is 1. The molecule has 1 atom stereocenters. The summed E-state index contributed by atoms with van der Waals surface area (Å²) < 4.78 is 15.7. The first-order chi connectivity index (χ1) is 9.98. The van der Waals surface area contributed by atoms with Crippen LogP contribution < -0.4 is 14.8 Å². The van der Waals surface area contributed by atoms with E-state index < -0.39 is 17.4 Å². The van der Waals surface area contributed by atoms with Crippen LogP contribution in [0.15, 0.2) is 18.2 Å². The second-order valence-corrected chi connectivity index (χ2v) is 4.85. The summed E-state index contributed by atoms with van der Waals surface area (Å²) in [6, 6.07) is 4.89. The Kier molecular flexibility index (Phi) is 4.32. The molecule has 0 saturated heterocycles. The molecule has 1 aliphatic heterocycles. The summed E-state index contributed by atoms with van der Waals surface area (Å²) in [5, 5.41) is 11.7. The van der Waals surface area contributed by atoms with Crippen LogP contribution in [0.3, 0.4) is 0 Å². The van der Waals surface area contributed by atoms with Crippen molar-refractivity contribution in [3.8, 4) is 11.5 Å². The standard InChI is InChI=1S/C14H17NO6/c1-14(8-19-2,13(17)18)15-12(16)9-4-3-5-10-11(9)21-7-6-20-10/h3-5H,6-8H2,1-2H3,(H,15,16)(H,17,18). The van der Waals surface area contributed by atoms with Crippen LogP contribution in [-0.4, -0.2) is 49.5 Å². The predicted octanol–water partition coefficient (Wildman–Crippen LogP) is 0.677. The van der Waals surface area contributed by atoms with Gasteiger partial charge in [0.05, 0.1) is 12.2 Å². The van der Waals surface area contributed by atoms with E-state index in [4.69, 9.17) is 14.2 Å². The van der Waals surface area contributed by atoms with Crippen molar-refractivity contribution in [3.05, 3.63) is 23.8 Å². The highest BCUT2D eigenvalue weighted by atomic mass is 16.6. The smallest absolute Gasteiger partial charge is 0.331 e. The third kappa shape index (κ3) is 3.08. The van der Waals surface area contributed by atoms with Gasteiger partial charge in [0, 0.05) is 7.11 Å². The minimum absolute atomic E-state index is 0.152. The van der Waals surface area contributed by atoms with Gasteiger partial charge in [0.2, 0.25) is 0 Å². The average molecular weight is 295 g/mol. The molecular formula is C14H17NO6. The van der Waals surface area contributed by atoms with Crippen molar-refractivity contribution in [2.45, 2.75) is 12.5 Å². The fourth-order valence-corrected chi connectivity index (χ4v) is 2.01. The number of hydrogen-bond acceptors (Lipinski definition) is 5. The third-order valence-corrected chi connectivity index (χ3v) is 3.11. The van der Waals surface area contributed by atoms with Crippen LogP contribution in [0.2, 0.25) is 0 Å². The van der Waals surface area contributed by atoms with Crippen LogP contribution in [0, 0.1) is 0 Å². The number of methoxy groups -OCH3 is 1. The molecule has 0 bridgehead atoms. The number of rotatable bonds is 5. The van der Waals surface area contributed by atoms with Gasteiger partial charge in [0.15, 0.2) is 17.0 Å². The summed E-state index contributed by atoms with van der Waals surface area (Å²) in [4.78, 5) is 23.7. The van der Waals surface area contributed by atoms with Gasteiger partial charge in [-0.25, -0.2) is 4.79 Å². The van der Waals surface area contributed by atoms with E-state index in [0.717, 1.165) is 0 Å². The number of carbonyl (C=O) groups excluding carboxylic acids is 1. The molecule has 7 heteroatoms. The van der Waals surface area contributed by atoms with Crippen molar-refractivity contribution in [1.82, 2.24) is 5.32 Å². The van der Waals surface area contributed by atoms with Crippen molar-refractivity contribution in [3.63, 3.8) is 0 Å². The van der Waals surface area contributed by atoms with Crippen LogP contribution in [0.5, 0.6) is 11.5 Å². The zero-order chi connectivity index (χ0) is 15.5. The summed E-state index contributed by atoms with van der Waals surface area (Å²) in [7, 11) is 1.37. The van der Waals surface area contributed by atoms with E-state index in [1.807, 2.05) is 0 Å². The van der Waals surface area contributed by atoms with Gasteiger partial charge >= 0.3 is 5.97 Å². The maximum Gasteiger partial charge on any atom is 0.331 e. The third-order valence-electron chi connectivity index (χ3n) is 3.11. The molecule has 0 fully saturated rings. The Balaban J connectivity index is 2.26. The van der Waals surface area contributed by atoms with Gasteiger partial charge in [-0.1, -0.05) is 6.07 Å². The van der Waals surface area contributed by atoms with Crippen LogP contribution in [0.1, 0.15) is 17.3 Å². The normalized spacial score (nSPS) is 15.9. The topological polar surface area (TPSA) is 94.1 Å². The van der Waals surface area contributed by atoms with Gasteiger partial charge in [-0.05, 0) is 19.1 Å². The fraction of sp³-hybridized carbons (Fsp3) is 0.429. The Hall–Kier alpha value is -2.28. The number of para-hydroxylation sites is 1. The Morgan fingerprint density at radius 3 is 2.76 bits per heavy atom. The van der Waals surface area contributed by atoms with Crippen LogP contribution in [-0.2, 0) is 9.53 Å². The highest BCUT2D eigenvalue weighted by molar-refractivity contribution is 6.00. The second kappa shape index (κ2) is 6.01. The number of hydrogen-bond donors (Lipinski definition) is 2. The number of amides is 1. The van der Waals surface area contributed by atoms with E-state index in [1.54, 1.807) is 18.2 Å². The lowest BCUT2D eigenvalue weighted by atomic mass is 10.0. The summed E-state index contributed by atoms with van der Waals surface area (Å²) >= 11 is 0. The molecule has 0 saturated carbocycles. The number of ether oxygens (including phenoxy) is 3. The van der Waals surface area contributed by atoms with Gasteiger partial charge in [-0.3, -0.25) is 4.79 Å². The minimum Gasteiger partial charge on any atom is -0.486 e. The van der Waals surface area contributed by atoms with Crippen molar-refractivity contribution < 1.29 is 28.9 Å². The molecule has 21 heavy (non-hydrogen) atoms. The lowest BCUT2D eigenvalue weighted by Crippen LogP contribution is -2.55. The zero-order valence-corrected chi connectivity index (χ0v) is 11.8. The molecule has 2 N–H and O–H groups in total. The highest BCUT2D eigenvalue weighted by Gasteiger charge is 2.36. The first-order valence-electron chi connectivity index (χ1n) is 6.41. The average Bonchev–Trinajstić information content (AvgIpc) is 2.46. The quantitative estimate of drug-likeness (QED) is 0.829. The number of carboxylic acids is 1. The molecule has 1 heterocycles. The second-order valence-electron chi connectivity index (χ2n) is 4.85.